The van der Waals surface area contributed by atoms with E-state index in [1.54, 1.807) is 11.8 Å². The van der Waals surface area contributed by atoms with Gasteiger partial charge in [-0.2, -0.15) is 0 Å². The molecule has 1 aromatic heterocycles. The average molecular weight is 277 g/mol. The highest BCUT2D eigenvalue weighted by Crippen LogP contribution is 2.16. The largest absolute Gasteiger partial charge is 0.478 e. The van der Waals surface area contributed by atoms with Crippen molar-refractivity contribution in [3.05, 3.63) is 29.1 Å². The molecule has 20 heavy (non-hydrogen) atoms. The number of nitrogens with zero attached hydrogens (tertiary/aromatic N) is 3. The van der Waals surface area contributed by atoms with Gasteiger partial charge in [-0.15, -0.1) is 0 Å². The van der Waals surface area contributed by atoms with Crippen molar-refractivity contribution in [2.75, 3.05) is 27.2 Å². The molecule has 0 aromatic carbocycles. The summed E-state index contributed by atoms with van der Waals surface area (Å²) in [5.74, 6) is -1.16. The molecule has 0 aliphatic carbocycles. The number of rotatable bonds is 3. The van der Waals surface area contributed by atoms with Crippen molar-refractivity contribution < 1.29 is 14.7 Å². The highest BCUT2D eigenvalue weighted by Gasteiger charge is 2.28. The van der Waals surface area contributed by atoms with E-state index in [0.717, 1.165) is 6.42 Å². The molecule has 1 atom stereocenters. The van der Waals surface area contributed by atoms with Crippen LogP contribution in [0.5, 0.6) is 0 Å². The van der Waals surface area contributed by atoms with Crippen molar-refractivity contribution >= 4 is 11.9 Å². The lowest BCUT2D eigenvalue weighted by Gasteiger charge is -2.20. The predicted octanol–water partition coefficient (Wildman–Crippen LogP) is 0.864. The summed E-state index contributed by atoms with van der Waals surface area (Å²) < 4.78 is 0. The van der Waals surface area contributed by atoms with Crippen LogP contribution >= 0.6 is 0 Å². The molecule has 2 rings (SSSR count). The van der Waals surface area contributed by atoms with Gasteiger partial charge >= 0.3 is 5.97 Å². The van der Waals surface area contributed by atoms with Gasteiger partial charge in [0.25, 0.3) is 5.91 Å². The zero-order valence-corrected chi connectivity index (χ0v) is 12.0. The topological polar surface area (TPSA) is 73.7 Å². The highest BCUT2D eigenvalue weighted by atomic mass is 16.4. The molecule has 1 aromatic rings. The lowest BCUT2D eigenvalue weighted by molar-refractivity contribution is 0.0692. The van der Waals surface area contributed by atoms with Crippen LogP contribution in [0, 0.1) is 6.92 Å². The SMILES string of the molecule is Cc1nc(C(=O)N2CCC(N(C)C)C2)ccc1C(=O)O. The van der Waals surface area contributed by atoms with Crippen LogP contribution in [0.15, 0.2) is 12.1 Å². The monoisotopic (exact) mass is 277 g/mol. The number of aromatic carboxylic acids is 1. The first-order chi connectivity index (χ1) is 9.40. The van der Waals surface area contributed by atoms with E-state index in [-0.39, 0.29) is 11.5 Å². The van der Waals surface area contributed by atoms with Gasteiger partial charge < -0.3 is 14.9 Å². The molecule has 0 radical (unpaired) electrons. The number of carboxylic acid groups (broad SMARTS) is 1. The van der Waals surface area contributed by atoms with Gasteiger partial charge in [0.1, 0.15) is 5.69 Å². The first kappa shape index (κ1) is 14.5. The Morgan fingerprint density at radius 1 is 1.40 bits per heavy atom. The Labute approximate surface area is 118 Å². The van der Waals surface area contributed by atoms with Gasteiger partial charge in [-0.1, -0.05) is 0 Å². The number of amides is 1. The number of carbonyl (C=O) groups is 2. The van der Waals surface area contributed by atoms with Crippen molar-refractivity contribution in [1.82, 2.24) is 14.8 Å². The minimum Gasteiger partial charge on any atom is -0.478 e. The zero-order chi connectivity index (χ0) is 14.9. The Morgan fingerprint density at radius 2 is 2.10 bits per heavy atom. The van der Waals surface area contributed by atoms with E-state index in [2.05, 4.69) is 9.88 Å². The fourth-order valence-electron chi connectivity index (χ4n) is 2.42. The van der Waals surface area contributed by atoms with Crippen LogP contribution in [-0.4, -0.2) is 65.0 Å². The summed E-state index contributed by atoms with van der Waals surface area (Å²) in [6.07, 6.45) is 0.949. The second kappa shape index (κ2) is 5.58. The van der Waals surface area contributed by atoms with Gasteiger partial charge in [0, 0.05) is 19.1 Å². The Balaban J connectivity index is 2.14. The number of likely N-dealkylation sites (N-methyl/N-ethyl adjacent to an activating group) is 1. The third-order valence-electron chi connectivity index (χ3n) is 3.72. The molecule has 2 heterocycles. The van der Waals surface area contributed by atoms with E-state index >= 15 is 0 Å². The molecule has 1 aliphatic rings. The first-order valence-corrected chi connectivity index (χ1v) is 6.56. The first-order valence-electron chi connectivity index (χ1n) is 6.56. The van der Waals surface area contributed by atoms with E-state index in [0.29, 0.717) is 30.5 Å². The van der Waals surface area contributed by atoms with Crippen molar-refractivity contribution in [3.8, 4) is 0 Å². The lowest BCUT2D eigenvalue weighted by atomic mass is 10.2. The molecular formula is C14H19N3O3. The number of carbonyl (C=O) groups excluding carboxylic acids is 1. The maximum Gasteiger partial charge on any atom is 0.337 e. The van der Waals surface area contributed by atoms with Crippen molar-refractivity contribution in [3.63, 3.8) is 0 Å². The van der Waals surface area contributed by atoms with Crippen molar-refractivity contribution in [2.24, 2.45) is 0 Å². The molecule has 1 amide bonds. The molecule has 6 heteroatoms. The summed E-state index contributed by atoms with van der Waals surface area (Å²) in [5, 5.41) is 8.96. The van der Waals surface area contributed by atoms with Crippen LogP contribution in [0.2, 0.25) is 0 Å². The predicted molar refractivity (Wildman–Crippen MR) is 73.9 cm³/mol. The van der Waals surface area contributed by atoms with Crippen LogP contribution in [-0.2, 0) is 0 Å². The molecule has 1 unspecified atom stereocenters. The summed E-state index contributed by atoms with van der Waals surface area (Å²) in [4.78, 5) is 31.3. The Hall–Kier alpha value is -1.95. The zero-order valence-electron chi connectivity index (χ0n) is 12.0. The number of carboxylic acids is 1. The molecule has 0 saturated carbocycles. The number of aromatic nitrogens is 1. The standard InChI is InChI=1S/C14H19N3O3/c1-9-11(14(19)20)4-5-12(15-9)13(18)17-7-6-10(8-17)16(2)3/h4-5,10H,6-8H2,1-3H3,(H,19,20). The quantitative estimate of drug-likeness (QED) is 0.887. The number of aryl methyl sites for hydroxylation is 1. The highest BCUT2D eigenvalue weighted by molar-refractivity contribution is 5.94. The second-order valence-corrected chi connectivity index (χ2v) is 5.29. The van der Waals surface area contributed by atoms with Gasteiger partial charge in [0.2, 0.25) is 0 Å². The van der Waals surface area contributed by atoms with Gasteiger partial charge in [-0.3, -0.25) is 4.79 Å². The Bertz CT molecular complexity index is 542. The minimum absolute atomic E-state index is 0.130. The summed E-state index contributed by atoms with van der Waals surface area (Å²) in [7, 11) is 4.01. The van der Waals surface area contributed by atoms with E-state index in [1.165, 1.54) is 12.1 Å². The maximum atomic E-state index is 12.3. The van der Waals surface area contributed by atoms with E-state index < -0.39 is 5.97 Å². The lowest BCUT2D eigenvalue weighted by Crippen LogP contribution is -2.34. The Kier molecular flexibility index (Phi) is 4.04. The second-order valence-electron chi connectivity index (χ2n) is 5.29. The average Bonchev–Trinajstić information content (AvgIpc) is 2.87. The van der Waals surface area contributed by atoms with Crippen LogP contribution in [0.25, 0.3) is 0 Å². The number of hydrogen-bond donors (Lipinski definition) is 1. The third-order valence-corrected chi connectivity index (χ3v) is 3.72. The molecule has 0 bridgehead atoms. The van der Waals surface area contributed by atoms with E-state index in [9.17, 15) is 9.59 Å². The maximum absolute atomic E-state index is 12.3. The molecule has 1 aliphatic heterocycles. The Morgan fingerprint density at radius 3 is 2.60 bits per heavy atom. The number of pyridine rings is 1. The van der Waals surface area contributed by atoms with Gasteiger partial charge in [0.15, 0.2) is 0 Å². The van der Waals surface area contributed by atoms with Gasteiger partial charge in [-0.05, 0) is 39.6 Å². The van der Waals surface area contributed by atoms with Gasteiger partial charge in [0.05, 0.1) is 11.3 Å². The summed E-state index contributed by atoms with van der Waals surface area (Å²) in [6, 6.07) is 3.30. The minimum atomic E-state index is -1.03. The summed E-state index contributed by atoms with van der Waals surface area (Å²) >= 11 is 0. The summed E-state index contributed by atoms with van der Waals surface area (Å²) in [5.41, 5.74) is 0.813. The fraction of sp³-hybridized carbons (Fsp3) is 0.500. The van der Waals surface area contributed by atoms with E-state index in [1.807, 2.05) is 14.1 Å². The van der Waals surface area contributed by atoms with E-state index in [4.69, 9.17) is 5.11 Å². The fourth-order valence-corrected chi connectivity index (χ4v) is 2.42. The molecule has 1 fully saturated rings. The van der Waals surface area contributed by atoms with Crippen molar-refractivity contribution in [1.29, 1.82) is 0 Å². The number of hydrogen-bond acceptors (Lipinski definition) is 4. The molecule has 1 N–H and O–H groups in total. The third kappa shape index (κ3) is 2.80. The van der Waals surface area contributed by atoms with Crippen LogP contribution < -0.4 is 0 Å². The number of likely N-dealkylation sites (tertiary alicyclic amines) is 1. The van der Waals surface area contributed by atoms with Gasteiger partial charge in [-0.25, -0.2) is 9.78 Å². The molecule has 6 nitrogen and oxygen atoms in total. The van der Waals surface area contributed by atoms with Crippen LogP contribution in [0.3, 0.4) is 0 Å². The normalized spacial score (nSPS) is 18.6. The summed E-state index contributed by atoms with van der Waals surface area (Å²) in [6.45, 7) is 3.00. The molecule has 0 spiro atoms. The molecule has 108 valence electrons. The molecule has 1 saturated heterocycles. The molecular weight excluding hydrogens is 258 g/mol. The smallest absolute Gasteiger partial charge is 0.337 e. The van der Waals surface area contributed by atoms with Crippen molar-refractivity contribution in [2.45, 2.75) is 19.4 Å². The van der Waals surface area contributed by atoms with Crippen LogP contribution in [0.4, 0.5) is 0 Å². The van der Waals surface area contributed by atoms with Crippen LogP contribution in [0.1, 0.15) is 33.0 Å².